The van der Waals surface area contributed by atoms with Crippen LogP contribution in [0.15, 0.2) is 24.3 Å². The second kappa shape index (κ2) is 6.12. The maximum absolute atomic E-state index is 5.40. The molecule has 0 N–H and O–H groups in total. The zero-order valence-electron chi connectivity index (χ0n) is 10.2. The van der Waals surface area contributed by atoms with Crippen LogP contribution in [-0.2, 0) is 4.74 Å². The van der Waals surface area contributed by atoms with E-state index in [0.29, 0.717) is 12.0 Å². The molecule has 0 aromatic carbocycles. The van der Waals surface area contributed by atoms with Gasteiger partial charge in [0.05, 0.1) is 6.61 Å². The van der Waals surface area contributed by atoms with E-state index in [4.69, 9.17) is 4.74 Å². The molecule has 0 aromatic rings. The van der Waals surface area contributed by atoms with Crippen molar-refractivity contribution in [1.82, 2.24) is 0 Å². The number of ether oxygens (including phenoxy) is 1. The van der Waals surface area contributed by atoms with Crippen molar-refractivity contribution in [3.05, 3.63) is 24.3 Å². The van der Waals surface area contributed by atoms with Gasteiger partial charge < -0.3 is 4.74 Å². The molecule has 0 heterocycles. The summed E-state index contributed by atoms with van der Waals surface area (Å²) in [4.78, 5) is 0. The molecular weight excluding hydrogens is 184 g/mol. The first-order chi connectivity index (χ1) is 7.18. The molecule has 0 spiro atoms. The lowest BCUT2D eigenvalue weighted by Gasteiger charge is -2.12. The molecule has 86 valence electrons. The zero-order valence-corrected chi connectivity index (χ0v) is 10.2. The van der Waals surface area contributed by atoms with E-state index in [2.05, 4.69) is 26.5 Å². The molecule has 1 aliphatic carbocycles. The molecule has 0 aromatic heterocycles. The van der Waals surface area contributed by atoms with Crippen LogP contribution < -0.4 is 0 Å². The van der Waals surface area contributed by atoms with E-state index >= 15 is 0 Å². The second-order valence-corrected chi connectivity index (χ2v) is 4.95. The van der Waals surface area contributed by atoms with Crippen molar-refractivity contribution in [2.24, 2.45) is 5.41 Å². The Labute approximate surface area is 94.2 Å². The van der Waals surface area contributed by atoms with Gasteiger partial charge in [0.1, 0.15) is 0 Å². The van der Waals surface area contributed by atoms with E-state index in [1.54, 1.807) is 0 Å². The summed E-state index contributed by atoms with van der Waals surface area (Å²) >= 11 is 0. The summed E-state index contributed by atoms with van der Waals surface area (Å²) in [6.45, 7) is 9.59. The van der Waals surface area contributed by atoms with Crippen LogP contribution in [0.25, 0.3) is 0 Å². The second-order valence-electron chi connectivity index (χ2n) is 4.95. The summed E-state index contributed by atoms with van der Waals surface area (Å²) in [6, 6.07) is 0. The van der Waals surface area contributed by atoms with Crippen LogP contribution >= 0.6 is 0 Å². The standard InChI is InChI=1S/C14H24O/c1-4-11-15-12-5-7-14(9-10-14)8-6-13(2)3/h4,6H,1,5,7-12H2,2-3H3. The molecule has 1 fully saturated rings. The molecule has 1 aliphatic rings. The highest BCUT2D eigenvalue weighted by Crippen LogP contribution is 2.52. The first-order valence-corrected chi connectivity index (χ1v) is 6.00. The van der Waals surface area contributed by atoms with E-state index in [9.17, 15) is 0 Å². The topological polar surface area (TPSA) is 9.23 Å². The summed E-state index contributed by atoms with van der Waals surface area (Å²) in [6.07, 6.45) is 10.8. The third-order valence-electron chi connectivity index (χ3n) is 3.13. The zero-order chi connectivity index (χ0) is 11.1. The number of allylic oxidation sites excluding steroid dienone is 2. The van der Waals surface area contributed by atoms with E-state index in [1.165, 1.54) is 37.7 Å². The highest BCUT2D eigenvalue weighted by atomic mass is 16.5. The Morgan fingerprint density at radius 1 is 1.40 bits per heavy atom. The van der Waals surface area contributed by atoms with E-state index in [-0.39, 0.29) is 0 Å². The fraction of sp³-hybridized carbons (Fsp3) is 0.714. The molecule has 1 nitrogen and oxygen atoms in total. The Bertz CT molecular complexity index is 219. The van der Waals surface area contributed by atoms with Crippen molar-refractivity contribution < 1.29 is 4.74 Å². The van der Waals surface area contributed by atoms with Crippen molar-refractivity contribution in [3.8, 4) is 0 Å². The van der Waals surface area contributed by atoms with Crippen LogP contribution in [0, 0.1) is 5.41 Å². The van der Waals surface area contributed by atoms with E-state index in [0.717, 1.165) is 6.61 Å². The first kappa shape index (κ1) is 12.5. The van der Waals surface area contributed by atoms with Crippen LogP contribution in [-0.4, -0.2) is 13.2 Å². The largest absolute Gasteiger partial charge is 0.377 e. The van der Waals surface area contributed by atoms with E-state index in [1.807, 2.05) is 6.08 Å². The molecule has 1 heteroatoms. The molecule has 0 atom stereocenters. The molecule has 0 unspecified atom stereocenters. The van der Waals surface area contributed by atoms with Crippen molar-refractivity contribution in [2.75, 3.05) is 13.2 Å². The maximum Gasteiger partial charge on any atom is 0.0644 e. The molecule has 1 rings (SSSR count). The van der Waals surface area contributed by atoms with Crippen molar-refractivity contribution in [3.63, 3.8) is 0 Å². The minimum absolute atomic E-state index is 0.648. The first-order valence-electron chi connectivity index (χ1n) is 6.00. The average molecular weight is 208 g/mol. The summed E-state index contributed by atoms with van der Waals surface area (Å²) in [5.41, 5.74) is 2.10. The lowest BCUT2D eigenvalue weighted by Crippen LogP contribution is -2.02. The molecule has 15 heavy (non-hydrogen) atoms. The Morgan fingerprint density at radius 2 is 2.13 bits per heavy atom. The third kappa shape index (κ3) is 5.17. The molecule has 0 amide bonds. The van der Waals surface area contributed by atoms with Crippen LogP contribution in [0.1, 0.15) is 46.0 Å². The van der Waals surface area contributed by atoms with Gasteiger partial charge in [0.2, 0.25) is 0 Å². The minimum Gasteiger partial charge on any atom is -0.377 e. The monoisotopic (exact) mass is 208 g/mol. The third-order valence-corrected chi connectivity index (χ3v) is 3.13. The summed E-state index contributed by atoms with van der Waals surface area (Å²) in [5, 5.41) is 0. The SMILES string of the molecule is C=CCOCCCC1(CC=C(C)C)CC1. The molecule has 1 saturated carbocycles. The van der Waals surface area contributed by atoms with Crippen LogP contribution in [0.4, 0.5) is 0 Å². The van der Waals surface area contributed by atoms with Crippen molar-refractivity contribution in [2.45, 2.75) is 46.0 Å². The lowest BCUT2D eigenvalue weighted by atomic mass is 9.95. The Morgan fingerprint density at radius 3 is 2.67 bits per heavy atom. The Hall–Kier alpha value is -0.560. The normalized spacial score (nSPS) is 17.2. The van der Waals surface area contributed by atoms with Crippen molar-refractivity contribution >= 4 is 0 Å². The fourth-order valence-electron chi connectivity index (χ4n) is 1.87. The predicted octanol–water partition coefficient (Wildman–Crippen LogP) is 4.11. The summed E-state index contributed by atoms with van der Waals surface area (Å²) < 4.78 is 5.40. The molecule has 0 aliphatic heterocycles. The van der Waals surface area contributed by atoms with Gasteiger partial charge in [-0.05, 0) is 51.4 Å². The number of hydrogen-bond acceptors (Lipinski definition) is 1. The highest BCUT2D eigenvalue weighted by Gasteiger charge is 2.40. The van der Waals surface area contributed by atoms with Gasteiger partial charge in [0.15, 0.2) is 0 Å². The fourth-order valence-corrected chi connectivity index (χ4v) is 1.87. The molecular formula is C14H24O. The van der Waals surface area contributed by atoms with Gasteiger partial charge in [-0.2, -0.15) is 0 Å². The van der Waals surface area contributed by atoms with Gasteiger partial charge in [0, 0.05) is 6.61 Å². The average Bonchev–Trinajstić information content (AvgIpc) is 2.96. The predicted molar refractivity (Wildman–Crippen MR) is 66.0 cm³/mol. The van der Waals surface area contributed by atoms with Crippen molar-refractivity contribution in [1.29, 1.82) is 0 Å². The lowest BCUT2D eigenvalue weighted by molar-refractivity contribution is 0.152. The van der Waals surface area contributed by atoms with Gasteiger partial charge in [-0.15, -0.1) is 6.58 Å². The number of hydrogen-bond donors (Lipinski definition) is 0. The van der Waals surface area contributed by atoms with Crippen LogP contribution in [0.3, 0.4) is 0 Å². The maximum atomic E-state index is 5.40. The Kier molecular flexibility index (Phi) is 5.10. The quantitative estimate of drug-likeness (QED) is 0.431. The molecule has 0 saturated heterocycles. The van der Waals surface area contributed by atoms with Gasteiger partial charge in [-0.25, -0.2) is 0 Å². The minimum atomic E-state index is 0.648. The Balaban J connectivity index is 2.09. The summed E-state index contributed by atoms with van der Waals surface area (Å²) in [7, 11) is 0. The van der Waals surface area contributed by atoms with Gasteiger partial charge in [-0.1, -0.05) is 17.7 Å². The number of rotatable bonds is 8. The highest BCUT2D eigenvalue weighted by molar-refractivity contribution is 5.03. The summed E-state index contributed by atoms with van der Waals surface area (Å²) in [5.74, 6) is 0. The molecule has 0 bridgehead atoms. The van der Waals surface area contributed by atoms with Crippen LogP contribution in [0.2, 0.25) is 0 Å². The van der Waals surface area contributed by atoms with Gasteiger partial charge >= 0.3 is 0 Å². The van der Waals surface area contributed by atoms with E-state index < -0.39 is 0 Å². The smallest absolute Gasteiger partial charge is 0.0644 e. The van der Waals surface area contributed by atoms with Crippen LogP contribution in [0.5, 0.6) is 0 Å². The van der Waals surface area contributed by atoms with Gasteiger partial charge in [0.25, 0.3) is 0 Å². The van der Waals surface area contributed by atoms with Gasteiger partial charge in [-0.3, -0.25) is 0 Å². The molecule has 0 radical (unpaired) electrons.